The van der Waals surface area contributed by atoms with Crippen LogP contribution >= 0.6 is 0 Å². The first-order chi connectivity index (χ1) is 13.8. The van der Waals surface area contributed by atoms with E-state index in [9.17, 15) is 14.4 Å². The Kier molecular flexibility index (Phi) is 7.95. The lowest BCUT2D eigenvalue weighted by Crippen LogP contribution is -2.47. The van der Waals surface area contributed by atoms with Gasteiger partial charge in [0.15, 0.2) is 0 Å². The van der Waals surface area contributed by atoms with Crippen molar-refractivity contribution in [3.63, 3.8) is 0 Å². The van der Waals surface area contributed by atoms with Gasteiger partial charge in [0.2, 0.25) is 11.8 Å². The molecule has 154 valence electrons. The molecule has 0 fully saturated rings. The Hall–Kier alpha value is -3.15. The fraction of sp³-hybridized carbons (Fsp3) is 0.348. The van der Waals surface area contributed by atoms with Crippen LogP contribution in [0.3, 0.4) is 0 Å². The highest BCUT2D eigenvalue weighted by Gasteiger charge is 2.24. The summed E-state index contributed by atoms with van der Waals surface area (Å²) in [5, 5.41) is 14.6. The molecule has 0 aromatic heterocycles. The lowest BCUT2D eigenvalue weighted by atomic mass is 10.0. The number of hydrogen-bond donors (Lipinski definition) is 3. The number of carboxylic acids is 1. The topological polar surface area (TPSA) is 95.5 Å². The minimum Gasteiger partial charge on any atom is -0.481 e. The first-order valence-electron chi connectivity index (χ1n) is 9.72. The van der Waals surface area contributed by atoms with Crippen LogP contribution < -0.4 is 10.6 Å². The molecule has 0 heterocycles. The standard InChI is InChI=1S/C23H28N2O4/c1-15(2)21(25-20(26)14-17-7-5-4-6-8-17)22(27)24-19-11-9-18(10-12-19)13-16(3)23(28)29/h4-12,15-16,21H,13-14H2,1-3H3,(H,24,27)(H,25,26)(H,28,29). The Morgan fingerprint density at radius 2 is 1.52 bits per heavy atom. The lowest BCUT2D eigenvalue weighted by Gasteiger charge is -2.22. The molecule has 3 N–H and O–H groups in total. The zero-order chi connectivity index (χ0) is 21.4. The highest BCUT2D eigenvalue weighted by atomic mass is 16.4. The third-order valence-electron chi connectivity index (χ3n) is 4.66. The molecular weight excluding hydrogens is 368 g/mol. The summed E-state index contributed by atoms with van der Waals surface area (Å²) < 4.78 is 0. The number of anilines is 1. The van der Waals surface area contributed by atoms with Gasteiger partial charge >= 0.3 is 5.97 Å². The van der Waals surface area contributed by atoms with E-state index in [1.807, 2.05) is 44.2 Å². The van der Waals surface area contributed by atoms with E-state index in [2.05, 4.69) is 10.6 Å². The molecule has 2 atom stereocenters. The second-order valence-corrected chi connectivity index (χ2v) is 7.58. The zero-order valence-electron chi connectivity index (χ0n) is 17.0. The van der Waals surface area contributed by atoms with Gasteiger partial charge in [-0.3, -0.25) is 14.4 Å². The summed E-state index contributed by atoms with van der Waals surface area (Å²) in [5.41, 5.74) is 2.37. The van der Waals surface area contributed by atoms with Crippen molar-refractivity contribution in [1.29, 1.82) is 0 Å². The number of nitrogens with one attached hydrogen (secondary N) is 2. The van der Waals surface area contributed by atoms with Crippen LogP contribution in [-0.4, -0.2) is 28.9 Å². The van der Waals surface area contributed by atoms with Crippen molar-refractivity contribution >= 4 is 23.5 Å². The summed E-state index contributed by atoms with van der Waals surface area (Å²) in [6.07, 6.45) is 0.640. The summed E-state index contributed by atoms with van der Waals surface area (Å²) in [5.74, 6) is -1.88. The number of carbonyl (C=O) groups is 3. The Balaban J connectivity index is 1.96. The SMILES string of the molecule is CC(Cc1ccc(NC(=O)C(NC(=O)Cc2ccccc2)C(C)C)cc1)C(=O)O. The molecule has 0 bridgehead atoms. The van der Waals surface area contributed by atoms with Crippen LogP contribution in [0.5, 0.6) is 0 Å². The highest BCUT2D eigenvalue weighted by molar-refractivity contribution is 5.97. The number of carboxylic acid groups (broad SMARTS) is 1. The van der Waals surface area contributed by atoms with E-state index >= 15 is 0 Å². The predicted molar refractivity (Wildman–Crippen MR) is 112 cm³/mol. The molecular formula is C23H28N2O4. The quantitative estimate of drug-likeness (QED) is 0.606. The van der Waals surface area contributed by atoms with Crippen molar-refractivity contribution < 1.29 is 19.5 Å². The van der Waals surface area contributed by atoms with Gasteiger partial charge in [-0.05, 0) is 35.6 Å². The molecule has 0 spiro atoms. The molecule has 0 aliphatic rings. The smallest absolute Gasteiger partial charge is 0.306 e. The van der Waals surface area contributed by atoms with Gasteiger partial charge in [0.1, 0.15) is 6.04 Å². The van der Waals surface area contributed by atoms with Crippen LogP contribution in [0.25, 0.3) is 0 Å². The number of rotatable bonds is 9. The van der Waals surface area contributed by atoms with Gasteiger partial charge in [-0.15, -0.1) is 0 Å². The maximum absolute atomic E-state index is 12.7. The minimum atomic E-state index is -0.839. The molecule has 0 saturated heterocycles. The molecule has 2 aromatic rings. The van der Waals surface area contributed by atoms with Crippen LogP contribution in [0.1, 0.15) is 31.9 Å². The normalized spacial score (nSPS) is 12.8. The van der Waals surface area contributed by atoms with Crippen LogP contribution in [0.4, 0.5) is 5.69 Å². The summed E-state index contributed by atoms with van der Waals surface area (Å²) in [4.78, 5) is 36.0. The van der Waals surface area contributed by atoms with E-state index in [1.54, 1.807) is 31.2 Å². The van der Waals surface area contributed by atoms with Crippen LogP contribution in [0.2, 0.25) is 0 Å². The molecule has 29 heavy (non-hydrogen) atoms. The summed E-state index contributed by atoms with van der Waals surface area (Å²) in [7, 11) is 0. The van der Waals surface area contributed by atoms with Gasteiger partial charge in [-0.1, -0.05) is 63.2 Å². The largest absolute Gasteiger partial charge is 0.481 e. The van der Waals surface area contributed by atoms with E-state index in [-0.39, 0.29) is 24.2 Å². The Bertz CT molecular complexity index is 832. The number of amides is 2. The van der Waals surface area contributed by atoms with Crippen molar-refractivity contribution in [2.75, 3.05) is 5.32 Å². The third-order valence-corrected chi connectivity index (χ3v) is 4.66. The highest BCUT2D eigenvalue weighted by Crippen LogP contribution is 2.15. The summed E-state index contributed by atoms with van der Waals surface area (Å²) in [6, 6.07) is 15.8. The van der Waals surface area contributed by atoms with Crippen molar-refractivity contribution in [3.8, 4) is 0 Å². The molecule has 2 aromatic carbocycles. The first kappa shape index (κ1) is 22.1. The number of aliphatic carboxylic acids is 1. The number of benzene rings is 2. The van der Waals surface area contributed by atoms with E-state index in [0.29, 0.717) is 12.1 Å². The fourth-order valence-electron chi connectivity index (χ4n) is 2.93. The van der Waals surface area contributed by atoms with Crippen molar-refractivity contribution in [3.05, 3.63) is 65.7 Å². The lowest BCUT2D eigenvalue weighted by molar-refractivity contribution is -0.141. The monoisotopic (exact) mass is 396 g/mol. The molecule has 2 unspecified atom stereocenters. The molecule has 2 rings (SSSR count). The average Bonchev–Trinajstić information content (AvgIpc) is 2.68. The van der Waals surface area contributed by atoms with Gasteiger partial charge < -0.3 is 15.7 Å². The van der Waals surface area contributed by atoms with E-state index in [1.165, 1.54) is 0 Å². The molecule has 2 amide bonds. The Labute approximate surface area is 171 Å². The average molecular weight is 396 g/mol. The summed E-state index contributed by atoms with van der Waals surface area (Å²) in [6.45, 7) is 5.41. The molecule has 0 radical (unpaired) electrons. The maximum Gasteiger partial charge on any atom is 0.306 e. The Morgan fingerprint density at radius 1 is 0.897 bits per heavy atom. The number of carbonyl (C=O) groups excluding carboxylic acids is 2. The van der Waals surface area contributed by atoms with Crippen molar-refractivity contribution in [2.45, 2.75) is 39.7 Å². The van der Waals surface area contributed by atoms with E-state index in [4.69, 9.17) is 5.11 Å². The first-order valence-corrected chi connectivity index (χ1v) is 9.72. The van der Waals surface area contributed by atoms with Gasteiger partial charge in [-0.2, -0.15) is 0 Å². The van der Waals surface area contributed by atoms with Crippen LogP contribution in [0, 0.1) is 11.8 Å². The third kappa shape index (κ3) is 7.07. The van der Waals surface area contributed by atoms with Gasteiger partial charge in [0.25, 0.3) is 0 Å². The molecule has 0 aliphatic carbocycles. The predicted octanol–water partition coefficient (Wildman–Crippen LogP) is 3.27. The summed E-state index contributed by atoms with van der Waals surface area (Å²) >= 11 is 0. The zero-order valence-corrected chi connectivity index (χ0v) is 17.0. The van der Waals surface area contributed by atoms with Crippen LogP contribution in [0.15, 0.2) is 54.6 Å². The second kappa shape index (κ2) is 10.4. The van der Waals surface area contributed by atoms with Gasteiger partial charge in [0.05, 0.1) is 12.3 Å². The maximum atomic E-state index is 12.7. The molecule has 6 heteroatoms. The molecule has 0 saturated carbocycles. The van der Waals surface area contributed by atoms with E-state index < -0.39 is 17.9 Å². The van der Waals surface area contributed by atoms with Gasteiger partial charge in [-0.25, -0.2) is 0 Å². The fourth-order valence-corrected chi connectivity index (χ4v) is 2.93. The van der Waals surface area contributed by atoms with E-state index in [0.717, 1.165) is 11.1 Å². The van der Waals surface area contributed by atoms with Gasteiger partial charge in [0, 0.05) is 5.69 Å². The van der Waals surface area contributed by atoms with Crippen molar-refractivity contribution in [1.82, 2.24) is 5.32 Å². The minimum absolute atomic E-state index is 0.0783. The number of hydrogen-bond acceptors (Lipinski definition) is 3. The molecule has 6 nitrogen and oxygen atoms in total. The molecule has 0 aliphatic heterocycles. The van der Waals surface area contributed by atoms with Crippen LogP contribution in [-0.2, 0) is 27.2 Å². The Morgan fingerprint density at radius 3 is 2.07 bits per heavy atom. The van der Waals surface area contributed by atoms with Crippen molar-refractivity contribution in [2.24, 2.45) is 11.8 Å². The second-order valence-electron chi connectivity index (χ2n) is 7.58.